The molecule has 1 heterocycles. The van der Waals surface area contributed by atoms with Crippen molar-refractivity contribution in [2.45, 2.75) is 19.4 Å². The molecule has 1 aliphatic rings. The topological polar surface area (TPSA) is 79.5 Å². The molecule has 23 heavy (non-hydrogen) atoms. The van der Waals surface area contributed by atoms with Gasteiger partial charge in [0.1, 0.15) is 5.75 Å². The van der Waals surface area contributed by atoms with Crippen molar-refractivity contribution >= 4 is 29.3 Å². The summed E-state index contributed by atoms with van der Waals surface area (Å²) in [6.07, 6.45) is 0.406. The Hall–Kier alpha value is -1.73. The molecule has 7 heteroatoms. The Morgan fingerprint density at radius 1 is 1.30 bits per heavy atom. The summed E-state index contributed by atoms with van der Waals surface area (Å²) in [5, 5.41) is 8.70. The number of amides is 2. The molecule has 0 aliphatic carbocycles. The number of nitrogens with one attached hydrogen (secondary N) is 3. The molecule has 1 fully saturated rings. The second kappa shape index (κ2) is 9.42. The highest BCUT2D eigenvalue weighted by molar-refractivity contribution is 7.99. The average molecular weight is 337 g/mol. The van der Waals surface area contributed by atoms with Crippen molar-refractivity contribution in [3.8, 4) is 5.75 Å². The third kappa shape index (κ3) is 6.50. The number of carbonyl (C=O) groups is 2. The van der Waals surface area contributed by atoms with Crippen LogP contribution in [0.4, 0.5) is 5.69 Å². The SMILES string of the molecule is CCOc1ccc(NC(=O)CNC(=O)CC2CSCCN2)cc1. The molecule has 126 valence electrons. The second-order valence-corrected chi connectivity index (χ2v) is 6.36. The van der Waals surface area contributed by atoms with Crippen LogP contribution in [0.25, 0.3) is 0 Å². The van der Waals surface area contributed by atoms with E-state index in [1.165, 1.54) is 0 Å². The van der Waals surface area contributed by atoms with E-state index in [0.717, 1.165) is 23.8 Å². The first kappa shape index (κ1) is 17.6. The summed E-state index contributed by atoms with van der Waals surface area (Å²) in [4.78, 5) is 23.7. The van der Waals surface area contributed by atoms with Gasteiger partial charge in [-0.05, 0) is 31.2 Å². The quantitative estimate of drug-likeness (QED) is 0.697. The molecule has 1 aromatic rings. The number of anilines is 1. The van der Waals surface area contributed by atoms with Gasteiger partial charge in [0.2, 0.25) is 11.8 Å². The van der Waals surface area contributed by atoms with Crippen LogP contribution >= 0.6 is 11.8 Å². The van der Waals surface area contributed by atoms with Crippen LogP contribution < -0.4 is 20.7 Å². The van der Waals surface area contributed by atoms with Crippen molar-refractivity contribution < 1.29 is 14.3 Å². The predicted octanol–water partition coefficient (Wildman–Crippen LogP) is 1.24. The molecule has 0 bridgehead atoms. The van der Waals surface area contributed by atoms with E-state index in [2.05, 4.69) is 16.0 Å². The van der Waals surface area contributed by atoms with Gasteiger partial charge in [-0.15, -0.1) is 0 Å². The molecule has 2 amide bonds. The molecular formula is C16H23N3O3S. The Labute approximate surface area is 140 Å². The zero-order valence-corrected chi connectivity index (χ0v) is 14.1. The molecule has 1 aromatic carbocycles. The lowest BCUT2D eigenvalue weighted by atomic mass is 10.2. The number of benzene rings is 1. The van der Waals surface area contributed by atoms with Crippen LogP contribution in [0, 0.1) is 0 Å². The molecule has 2 rings (SSSR count). The van der Waals surface area contributed by atoms with Gasteiger partial charge in [0.25, 0.3) is 0 Å². The lowest BCUT2D eigenvalue weighted by Crippen LogP contribution is -2.42. The first-order valence-corrected chi connectivity index (χ1v) is 8.93. The first-order chi connectivity index (χ1) is 11.2. The van der Waals surface area contributed by atoms with Crippen molar-refractivity contribution in [1.82, 2.24) is 10.6 Å². The highest BCUT2D eigenvalue weighted by Crippen LogP contribution is 2.15. The van der Waals surface area contributed by atoms with Gasteiger partial charge in [0.15, 0.2) is 0 Å². The molecule has 0 saturated carbocycles. The lowest BCUT2D eigenvalue weighted by Gasteiger charge is -2.22. The van der Waals surface area contributed by atoms with Crippen molar-refractivity contribution in [2.75, 3.05) is 36.5 Å². The normalized spacial score (nSPS) is 17.3. The maximum Gasteiger partial charge on any atom is 0.243 e. The van der Waals surface area contributed by atoms with E-state index in [-0.39, 0.29) is 24.4 Å². The summed E-state index contributed by atoms with van der Waals surface area (Å²) < 4.78 is 5.34. The fourth-order valence-corrected chi connectivity index (χ4v) is 3.18. The Morgan fingerprint density at radius 2 is 2.09 bits per heavy atom. The van der Waals surface area contributed by atoms with Crippen LogP contribution in [0.15, 0.2) is 24.3 Å². The minimum atomic E-state index is -0.242. The smallest absolute Gasteiger partial charge is 0.243 e. The summed E-state index contributed by atoms with van der Waals surface area (Å²) in [5.41, 5.74) is 0.679. The van der Waals surface area contributed by atoms with Crippen molar-refractivity contribution in [1.29, 1.82) is 0 Å². The van der Waals surface area contributed by atoms with Gasteiger partial charge >= 0.3 is 0 Å². The summed E-state index contributed by atoms with van der Waals surface area (Å²) in [6.45, 7) is 3.43. The van der Waals surface area contributed by atoms with E-state index in [1.54, 1.807) is 24.3 Å². The van der Waals surface area contributed by atoms with Gasteiger partial charge in [0.05, 0.1) is 13.2 Å². The number of carbonyl (C=O) groups excluding carboxylic acids is 2. The molecule has 0 aromatic heterocycles. The van der Waals surface area contributed by atoms with Crippen LogP contribution in [0.2, 0.25) is 0 Å². The molecule has 1 saturated heterocycles. The zero-order chi connectivity index (χ0) is 16.5. The summed E-state index contributed by atoms with van der Waals surface area (Å²) >= 11 is 1.84. The average Bonchev–Trinajstić information content (AvgIpc) is 2.56. The molecular weight excluding hydrogens is 314 g/mol. The van der Waals surface area contributed by atoms with Gasteiger partial charge in [-0.2, -0.15) is 11.8 Å². The van der Waals surface area contributed by atoms with Crippen molar-refractivity contribution in [3.05, 3.63) is 24.3 Å². The highest BCUT2D eigenvalue weighted by Gasteiger charge is 2.16. The third-order valence-corrected chi connectivity index (χ3v) is 4.46. The van der Waals surface area contributed by atoms with Crippen LogP contribution in [0.3, 0.4) is 0 Å². The van der Waals surface area contributed by atoms with E-state index in [1.807, 2.05) is 18.7 Å². The molecule has 1 unspecified atom stereocenters. The van der Waals surface area contributed by atoms with Gasteiger partial charge in [-0.1, -0.05) is 0 Å². The second-order valence-electron chi connectivity index (χ2n) is 5.21. The number of ether oxygens (including phenoxy) is 1. The van der Waals surface area contributed by atoms with E-state index in [4.69, 9.17) is 4.74 Å². The highest BCUT2D eigenvalue weighted by atomic mass is 32.2. The molecule has 1 aliphatic heterocycles. The molecule has 0 radical (unpaired) electrons. The number of thioether (sulfide) groups is 1. The van der Waals surface area contributed by atoms with Gasteiger partial charge in [-0.25, -0.2) is 0 Å². The number of hydrogen-bond acceptors (Lipinski definition) is 5. The maximum atomic E-state index is 11.8. The lowest BCUT2D eigenvalue weighted by molar-refractivity contribution is -0.124. The zero-order valence-electron chi connectivity index (χ0n) is 13.3. The Morgan fingerprint density at radius 3 is 2.74 bits per heavy atom. The van der Waals surface area contributed by atoms with Gasteiger partial charge < -0.3 is 20.7 Å². The molecule has 0 spiro atoms. The number of rotatable bonds is 7. The van der Waals surface area contributed by atoms with E-state index in [0.29, 0.717) is 18.7 Å². The summed E-state index contributed by atoms with van der Waals surface area (Å²) in [5.74, 6) is 2.44. The third-order valence-electron chi connectivity index (χ3n) is 3.33. The Balaban J connectivity index is 1.68. The predicted molar refractivity (Wildman–Crippen MR) is 93.0 cm³/mol. The van der Waals surface area contributed by atoms with Crippen LogP contribution in [-0.2, 0) is 9.59 Å². The summed E-state index contributed by atoms with van der Waals surface area (Å²) in [7, 11) is 0. The van der Waals surface area contributed by atoms with Crippen molar-refractivity contribution in [2.24, 2.45) is 0 Å². The van der Waals surface area contributed by atoms with E-state index in [9.17, 15) is 9.59 Å². The minimum absolute atomic E-state index is 0.0219. The van der Waals surface area contributed by atoms with Crippen molar-refractivity contribution in [3.63, 3.8) is 0 Å². The molecule has 6 nitrogen and oxygen atoms in total. The van der Waals surface area contributed by atoms with E-state index >= 15 is 0 Å². The maximum absolute atomic E-state index is 11.8. The fraction of sp³-hybridized carbons (Fsp3) is 0.500. The monoisotopic (exact) mass is 337 g/mol. The van der Waals surface area contributed by atoms with Gasteiger partial charge in [0, 0.05) is 36.2 Å². The van der Waals surface area contributed by atoms with E-state index < -0.39 is 0 Å². The Bertz CT molecular complexity index is 516. The van der Waals surface area contributed by atoms with Gasteiger partial charge in [-0.3, -0.25) is 9.59 Å². The number of hydrogen-bond donors (Lipinski definition) is 3. The largest absolute Gasteiger partial charge is 0.494 e. The standard InChI is InChI=1S/C16H23N3O3S/c1-2-22-14-5-3-12(4-6-14)19-16(21)10-18-15(20)9-13-11-23-8-7-17-13/h3-6,13,17H,2,7-11H2,1H3,(H,18,20)(H,19,21). The first-order valence-electron chi connectivity index (χ1n) is 7.78. The summed E-state index contributed by atoms with van der Waals surface area (Å²) in [6, 6.07) is 7.33. The minimum Gasteiger partial charge on any atom is -0.494 e. The molecule has 1 atom stereocenters. The van der Waals surface area contributed by atoms with Crippen LogP contribution in [0.5, 0.6) is 5.75 Å². The fourth-order valence-electron chi connectivity index (χ4n) is 2.23. The molecule has 3 N–H and O–H groups in total. The Kier molecular flexibility index (Phi) is 7.22. The van der Waals surface area contributed by atoms with Crippen LogP contribution in [-0.4, -0.2) is 49.1 Å². The van der Waals surface area contributed by atoms with Crippen LogP contribution in [0.1, 0.15) is 13.3 Å².